The number of rotatable bonds is 10. The molecule has 2 heterocycles. The first kappa shape index (κ1) is 29.3. The molecule has 220 valence electrons. The number of fused-ring (bicyclic) bond motifs is 1. The Bertz CT molecular complexity index is 1530. The number of ether oxygens (including phenoxy) is 1. The van der Waals surface area contributed by atoms with Crippen LogP contribution in [0, 0.1) is 5.92 Å². The molecule has 3 atom stereocenters. The van der Waals surface area contributed by atoms with Gasteiger partial charge < -0.3 is 20.7 Å². The molecule has 42 heavy (non-hydrogen) atoms. The lowest BCUT2D eigenvalue weighted by Gasteiger charge is -2.32. The van der Waals surface area contributed by atoms with Gasteiger partial charge in [-0.3, -0.25) is 9.59 Å². The van der Waals surface area contributed by atoms with Crippen LogP contribution in [0.5, 0.6) is 5.75 Å². The van der Waals surface area contributed by atoms with Gasteiger partial charge in [0.25, 0.3) is 0 Å². The highest BCUT2D eigenvalue weighted by atomic mass is 16.5. The predicted molar refractivity (Wildman–Crippen MR) is 163 cm³/mol. The number of hydrogen-bond acceptors (Lipinski definition) is 6. The van der Waals surface area contributed by atoms with Crippen LogP contribution in [0.3, 0.4) is 0 Å². The molecule has 3 aromatic carbocycles. The van der Waals surface area contributed by atoms with Gasteiger partial charge in [-0.15, -0.1) is 5.10 Å². The summed E-state index contributed by atoms with van der Waals surface area (Å²) in [4.78, 5) is 29.2. The van der Waals surface area contributed by atoms with Crippen LogP contribution in [0.2, 0.25) is 0 Å². The van der Waals surface area contributed by atoms with Gasteiger partial charge in [0, 0.05) is 20.1 Å². The SMILES string of the molecule is COc1ccc(C[C@@H]2C[C@@H](C(=O)NCc3ccc4c(c3)nnn4C)N(C(=O)C(N)CC(C)(C)c3ccccc3)C2)cc1. The summed E-state index contributed by atoms with van der Waals surface area (Å²) in [6, 6.07) is 22.6. The number of carbonyl (C=O) groups excluding carboxylic acids is 2. The van der Waals surface area contributed by atoms with Gasteiger partial charge in [0.15, 0.2) is 0 Å². The molecule has 0 spiro atoms. The highest BCUT2D eigenvalue weighted by Crippen LogP contribution is 2.31. The third-order valence-corrected chi connectivity index (χ3v) is 8.40. The van der Waals surface area contributed by atoms with E-state index in [2.05, 4.69) is 41.6 Å². The zero-order valence-electron chi connectivity index (χ0n) is 24.8. The Balaban J connectivity index is 1.31. The monoisotopic (exact) mass is 568 g/mol. The number of benzene rings is 3. The molecule has 1 unspecified atom stereocenters. The Kier molecular flexibility index (Phi) is 8.59. The van der Waals surface area contributed by atoms with Crippen molar-refractivity contribution in [1.82, 2.24) is 25.2 Å². The summed E-state index contributed by atoms with van der Waals surface area (Å²) in [6.07, 6.45) is 1.80. The van der Waals surface area contributed by atoms with Gasteiger partial charge >= 0.3 is 0 Å². The van der Waals surface area contributed by atoms with Crippen LogP contribution < -0.4 is 15.8 Å². The van der Waals surface area contributed by atoms with Crippen molar-refractivity contribution in [3.8, 4) is 5.75 Å². The van der Waals surface area contributed by atoms with E-state index in [1.807, 2.05) is 67.7 Å². The number of nitrogens with zero attached hydrogens (tertiary/aromatic N) is 4. The molecule has 9 nitrogen and oxygen atoms in total. The second kappa shape index (κ2) is 12.3. The van der Waals surface area contributed by atoms with Crippen molar-refractivity contribution in [1.29, 1.82) is 0 Å². The van der Waals surface area contributed by atoms with E-state index in [4.69, 9.17) is 10.5 Å². The van der Waals surface area contributed by atoms with Crippen LogP contribution in [0.15, 0.2) is 72.8 Å². The minimum atomic E-state index is -0.727. The number of aryl methyl sites for hydroxylation is 1. The van der Waals surface area contributed by atoms with Crippen molar-refractivity contribution in [3.63, 3.8) is 0 Å². The maximum atomic E-state index is 13.9. The molecule has 2 amide bonds. The number of likely N-dealkylation sites (tertiary alicyclic amines) is 1. The summed E-state index contributed by atoms with van der Waals surface area (Å²) in [5, 5.41) is 11.3. The maximum absolute atomic E-state index is 13.9. The van der Waals surface area contributed by atoms with Gasteiger partial charge in [0.05, 0.1) is 18.7 Å². The summed E-state index contributed by atoms with van der Waals surface area (Å²) < 4.78 is 7.01. The van der Waals surface area contributed by atoms with Gasteiger partial charge in [0.1, 0.15) is 17.3 Å². The summed E-state index contributed by atoms with van der Waals surface area (Å²) in [5.41, 5.74) is 11.2. The Hall–Kier alpha value is -4.24. The van der Waals surface area contributed by atoms with E-state index in [1.165, 1.54) is 0 Å². The topological polar surface area (TPSA) is 115 Å². The fraction of sp³-hybridized carbons (Fsp3) is 0.394. The molecule has 1 aliphatic heterocycles. The van der Waals surface area contributed by atoms with Gasteiger partial charge in [0.2, 0.25) is 11.8 Å². The lowest BCUT2D eigenvalue weighted by atomic mass is 9.79. The second-order valence-electron chi connectivity index (χ2n) is 12.0. The molecule has 0 saturated carbocycles. The molecule has 1 aromatic heterocycles. The Morgan fingerprint density at radius 1 is 1.07 bits per heavy atom. The summed E-state index contributed by atoms with van der Waals surface area (Å²) >= 11 is 0. The van der Waals surface area contributed by atoms with E-state index in [0.717, 1.165) is 39.9 Å². The first-order valence-electron chi connectivity index (χ1n) is 14.4. The minimum absolute atomic E-state index is 0.128. The van der Waals surface area contributed by atoms with Crippen LogP contribution in [-0.2, 0) is 35.0 Å². The van der Waals surface area contributed by atoms with Crippen molar-refractivity contribution >= 4 is 22.8 Å². The maximum Gasteiger partial charge on any atom is 0.243 e. The predicted octanol–water partition coefficient (Wildman–Crippen LogP) is 3.75. The Labute approximate surface area is 247 Å². The minimum Gasteiger partial charge on any atom is -0.497 e. The van der Waals surface area contributed by atoms with Gasteiger partial charge in [-0.25, -0.2) is 4.68 Å². The summed E-state index contributed by atoms with van der Waals surface area (Å²) in [5.74, 6) is 0.570. The van der Waals surface area contributed by atoms with E-state index in [9.17, 15) is 9.59 Å². The van der Waals surface area contributed by atoms with Crippen LogP contribution in [0.25, 0.3) is 11.0 Å². The molecular weight excluding hydrogens is 528 g/mol. The molecule has 3 N–H and O–H groups in total. The second-order valence-corrected chi connectivity index (χ2v) is 12.0. The first-order valence-corrected chi connectivity index (χ1v) is 14.4. The van der Waals surface area contributed by atoms with Gasteiger partial charge in [-0.2, -0.15) is 0 Å². The molecule has 1 aliphatic rings. The van der Waals surface area contributed by atoms with Crippen molar-refractivity contribution < 1.29 is 14.3 Å². The van der Waals surface area contributed by atoms with Crippen LogP contribution in [0.1, 0.15) is 43.4 Å². The van der Waals surface area contributed by atoms with Crippen LogP contribution in [0.4, 0.5) is 0 Å². The quantitative estimate of drug-likeness (QED) is 0.301. The van der Waals surface area contributed by atoms with Gasteiger partial charge in [-0.05, 0) is 71.6 Å². The van der Waals surface area contributed by atoms with E-state index in [-0.39, 0.29) is 23.1 Å². The van der Waals surface area contributed by atoms with Crippen molar-refractivity contribution in [2.45, 2.75) is 57.2 Å². The zero-order chi connectivity index (χ0) is 29.9. The molecule has 1 fully saturated rings. The lowest BCUT2D eigenvalue weighted by molar-refractivity contribution is -0.139. The molecule has 1 saturated heterocycles. The zero-order valence-corrected chi connectivity index (χ0v) is 24.8. The number of methoxy groups -OCH3 is 1. The molecule has 0 bridgehead atoms. The number of carbonyl (C=O) groups is 2. The van der Waals surface area contributed by atoms with Crippen molar-refractivity contribution in [2.24, 2.45) is 18.7 Å². The van der Waals surface area contributed by atoms with E-state index in [0.29, 0.717) is 25.9 Å². The largest absolute Gasteiger partial charge is 0.497 e. The molecule has 0 aliphatic carbocycles. The standard InChI is InChI=1S/C33H40N6O3/c1-33(2,25-8-6-5-7-9-25)19-27(34)32(41)39-21-24(16-22-10-13-26(42-4)14-11-22)18-30(39)31(40)35-20-23-12-15-29-28(17-23)36-37-38(29)3/h5-15,17,24,27,30H,16,18-21,34H2,1-4H3,(H,35,40)/t24-,27?,30+/m1/s1. The Morgan fingerprint density at radius 3 is 2.50 bits per heavy atom. The van der Waals surface area contributed by atoms with Gasteiger partial charge in [-0.1, -0.05) is 67.6 Å². The fourth-order valence-corrected chi connectivity index (χ4v) is 6.02. The number of nitrogens with one attached hydrogen (secondary N) is 1. The summed E-state index contributed by atoms with van der Waals surface area (Å²) in [7, 11) is 3.49. The average molecular weight is 569 g/mol. The van der Waals surface area contributed by atoms with Crippen molar-refractivity contribution in [3.05, 3.63) is 89.5 Å². The normalized spacial score (nSPS) is 17.8. The third kappa shape index (κ3) is 6.46. The average Bonchev–Trinajstić information content (AvgIpc) is 3.59. The highest BCUT2D eigenvalue weighted by molar-refractivity contribution is 5.90. The molecular formula is C33H40N6O3. The van der Waals surface area contributed by atoms with E-state index in [1.54, 1.807) is 16.7 Å². The summed E-state index contributed by atoms with van der Waals surface area (Å²) in [6.45, 7) is 5.02. The van der Waals surface area contributed by atoms with E-state index < -0.39 is 12.1 Å². The smallest absolute Gasteiger partial charge is 0.243 e. The molecule has 5 rings (SSSR count). The third-order valence-electron chi connectivity index (χ3n) is 8.40. The molecule has 0 radical (unpaired) electrons. The number of hydrogen-bond donors (Lipinski definition) is 2. The van der Waals surface area contributed by atoms with E-state index >= 15 is 0 Å². The molecule has 4 aromatic rings. The van der Waals surface area contributed by atoms with Crippen LogP contribution >= 0.6 is 0 Å². The molecule has 9 heteroatoms. The number of amides is 2. The number of nitrogens with two attached hydrogens (primary N) is 1. The highest BCUT2D eigenvalue weighted by Gasteiger charge is 2.42. The fourth-order valence-electron chi connectivity index (χ4n) is 6.02. The number of aromatic nitrogens is 3. The Morgan fingerprint density at radius 2 is 1.79 bits per heavy atom. The lowest BCUT2D eigenvalue weighted by Crippen LogP contribution is -2.52. The van der Waals surface area contributed by atoms with Crippen molar-refractivity contribution in [2.75, 3.05) is 13.7 Å². The van der Waals surface area contributed by atoms with Crippen LogP contribution in [-0.4, -0.2) is 57.4 Å². The first-order chi connectivity index (χ1) is 20.1.